The fraction of sp³-hybridized carbons (Fsp3) is 0.615. The van der Waals surface area contributed by atoms with Gasteiger partial charge in [-0.3, -0.25) is 4.99 Å². The Morgan fingerprint density at radius 2 is 1.91 bits per heavy atom. The topological polar surface area (TPSA) is 82.6 Å². The summed E-state index contributed by atoms with van der Waals surface area (Å²) in [4.78, 5) is 4.08. The first kappa shape index (κ1) is 22.9. The summed E-state index contributed by atoms with van der Waals surface area (Å²) in [6, 6.07) is 3.07. The average molecular weight is 495 g/mol. The predicted molar refractivity (Wildman–Crippen MR) is 109 cm³/mol. The second-order valence-electron chi connectivity index (χ2n) is 4.59. The average Bonchev–Trinajstić information content (AvgIpc) is 2.93. The van der Waals surface area contributed by atoms with Crippen LogP contribution in [0.3, 0.4) is 0 Å². The highest BCUT2D eigenvalue weighted by Gasteiger charge is 2.15. The molecule has 0 saturated heterocycles. The summed E-state index contributed by atoms with van der Waals surface area (Å²) in [6.45, 7) is 3.73. The third kappa shape index (κ3) is 9.08. The van der Waals surface area contributed by atoms with E-state index >= 15 is 0 Å². The van der Waals surface area contributed by atoms with E-state index in [2.05, 4.69) is 27.3 Å². The van der Waals surface area contributed by atoms with Gasteiger partial charge < -0.3 is 10.6 Å². The first-order chi connectivity index (χ1) is 10.5. The monoisotopic (exact) mass is 494 g/mol. The summed E-state index contributed by atoms with van der Waals surface area (Å²) in [7, 11) is -1.80. The van der Waals surface area contributed by atoms with E-state index in [1.807, 2.05) is 0 Å². The van der Waals surface area contributed by atoms with Gasteiger partial charge in [0.15, 0.2) is 5.96 Å². The van der Waals surface area contributed by atoms with Gasteiger partial charge in [-0.05, 0) is 18.6 Å². The summed E-state index contributed by atoms with van der Waals surface area (Å²) in [5.74, 6) is 0.675. The molecule has 0 atom stereocenters. The molecule has 0 radical (unpaired) electrons. The second kappa shape index (κ2) is 12.3. The molecule has 6 nitrogen and oxygen atoms in total. The molecular weight excluding hydrogens is 471 g/mol. The van der Waals surface area contributed by atoms with Crippen LogP contribution in [0, 0.1) is 0 Å². The van der Waals surface area contributed by atoms with Gasteiger partial charge in [-0.1, -0.05) is 31.4 Å². The van der Waals surface area contributed by atoms with Crippen molar-refractivity contribution in [3.63, 3.8) is 0 Å². The number of guanidine groups is 1. The number of hydrogen-bond donors (Lipinski definition) is 3. The Kier molecular flexibility index (Phi) is 12.2. The number of hydrogen-bond acceptors (Lipinski definition) is 4. The largest absolute Gasteiger partial charge is 0.356 e. The molecule has 0 aliphatic rings. The molecule has 1 aromatic heterocycles. The van der Waals surface area contributed by atoms with Crippen LogP contribution in [0.5, 0.6) is 0 Å². The lowest BCUT2D eigenvalue weighted by atomic mass is 10.2. The maximum Gasteiger partial charge on any atom is 0.250 e. The van der Waals surface area contributed by atoms with Crippen molar-refractivity contribution >= 4 is 62.9 Å². The van der Waals surface area contributed by atoms with Crippen LogP contribution in [0.15, 0.2) is 21.3 Å². The Labute approximate surface area is 164 Å². The van der Waals surface area contributed by atoms with E-state index in [0.717, 1.165) is 24.3 Å². The maximum absolute atomic E-state index is 12.0. The number of nitrogens with zero attached hydrogens (tertiary/aromatic N) is 1. The third-order valence-corrected chi connectivity index (χ3v) is 6.00. The molecule has 0 aliphatic carbocycles. The molecule has 1 heterocycles. The summed E-state index contributed by atoms with van der Waals surface area (Å²) >= 11 is 6.79. The SMILES string of the molecule is CCCCCNC(=NC)NCCNS(=O)(=O)c1ccc(Cl)s1.I. The minimum atomic E-state index is -3.48. The maximum atomic E-state index is 12.0. The minimum Gasteiger partial charge on any atom is -0.356 e. The molecule has 0 bridgehead atoms. The van der Waals surface area contributed by atoms with Gasteiger partial charge in [0, 0.05) is 26.7 Å². The highest BCUT2D eigenvalue weighted by atomic mass is 127. The molecule has 0 spiro atoms. The van der Waals surface area contributed by atoms with Crippen molar-refractivity contribution in [1.29, 1.82) is 0 Å². The number of halogens is 2. The van der Waals surface area contributed by atoms with Crippen LogP contribution in [0.25, 0.3) is 0 Å². The molecule has 0 saturated carbocycles. The lowest BCUT2D eigenvalue weighted by Gasteiger charge is -2.12. The van der Waals surface area contributed by atoms with E-state index in [1.165, 1.54) is 18.9 Å². The lowest BCUT2D eigenvalue weighted by Crippen LogP contribution is -2.41. The van der Waals surface area contributed by atoms with Crippen LogP contribution >= 0.6 is 46.9 Å². The van der Waals surface area contributed by atoms with Gasteiger partial charge in [-0.25, -0.2) is 13.1 Å². The van der Waals surface area contributed by atoms with Crippen molar-refractivity contribution < 1.29 is 8.42 Å². The highest BCUT2D eigenvalue weighted by molar-refractivity contribution is 14.0. The second-order valence-corrected chi connectivity index (χ2v) is 8.30. The van der Waals surface area contributed by atoms with Gasteiger partial charge in [0.2, 0.25) is 10.0 Å². The molecule has 1 rings (SSSR count). The Morgan fingerprint density at radius 3 is 2.48 bits per heavy atom. The number of thiophene rings is 1. The quantitative estimate of drug-likeness (QED) is 0.213. The van der Waals surface area contributed by atoms with Gasteiger partial charge in [0.25, 0.3) is 0 Å². The van der Waals surface area contributed by atoms with Gasteiger partial charge in [0.1, 0.15) is 4.21 Å². The number of nitrogens with one attached hydrogen (secondary N) is 3. The van der Waals surface area contributed by atoms with Gasteiger partial charge in [0.05, 0.1) is 4.34 Å². The molecule has 0 unspecified atom stereocenters. The van der Waals surface area contributed by atoms with Crippen molar-refractivity contribution in [3.8, 4) is 0 Å². The van der Waals surface area contributed by atoms with Gasteiger partial charge in [-0.2, -0.15) is 0 Å². The van der Waals surface area contributed by atoms with Crippen molar-refractivity contribution in [2.45, 2.75) is 30.4 Å². The fourth-order valence-electron chi connectivity index (χ4n) is 1.68. The standard InChI is InChI=1S/C13H23ClN4O2S2.HI/c1-3-4-5-8-16-13(15-2)17-9-10-18-22(19,20)12-7-6-11(14)21-12;/h6-7,18H,3-5,8-10H2,1-2H3,(H2,15,16,17);1H. The molecule has 3 N–H and O–H groups in total. The summed E-state index contributed by atoms with van der Waals surface area (Å²) in [5, 5.41) is 6.25. The molecule has 0 aliphatic heterocycles. The van der Waals surface area contributed by atoms with Crippen LogP contribution in [-0.4, -0.2) is 41.1 Å². The molecule has 1 aromatic rings. The van der Waals surface area contributed by atoms with Crippen LogP contribution in [0.4, 0.5) is 0 Å². The van der Waals surface area contributed by atoms with Crippen molar-refractivity contribution in [2.24, 2.45) is 4.99 Å². The predicted octanol–water partition coefficient (Wildman–Crippen LogP) is 2.65. The van der Waals surface area contributed by atoms with E-state index in [0.29, 0.717) is 16.8 Å². The zero-order valence-electron chi connectivity index (χ0n) is 13.3. The molecule has 0 fully saturated rings. The zero-order valence-corrected chi connectivity index (χ0v) is 18.0. The summed E-state index contributed by atoms with van der Waals surface area (Å²) in [6.07, 6.45) is 3.43. The molecule has 134 valence electrons. The van der Waals surface area contributed by atoms with Crippen molar-refractivity contribution in [2.75, 3.05) is 26.7 Å². The van der Waals surface area contributed by atoms with E-state index in [1.54, 1.807) is 13.1 Å². The first-order valence-corrected chi connectivity index (χ1v) is 9.87. The summed E-state index contributed by atoms with van der Waals surface area (Å²) in [5.41, 5.74) is 0. The van der Waals surface area contributed by atoms with Crippen molar-refractivity contribution in [3.05, 3.63) is 16.5 Å². The Morgan fingerprint density at radius 1 is 1.22 bits per heavy atom. The third-order valence-electron chi connectivity index (χ3n) is 2.82. The van der Waals surface area contributed by atoms with E-state index in [9.17, 15) is 8.42 Å². The lowest BCUT2D eigenvalue weighted by molar-refractivity contribution is 0.582. The van der Waals surface area contributed by atoms with Crippen LogP contribution in [0.2, 0.25) is 4.34 Å². The fourth-order valence-corrected chi connectivity index (χ4v) is 4.24. The van der Waals surface area contributed by atoms with Crippen molar-refractivity contribution in [1.82, 2.24) is 15.4 Å². The summed E-state index contributed by atoms with van der Waals surface area (Å²) < 4.78 is 27.1. The Bertz CT molecular complexity index is 578. The first-order valence-electron chi connectivity index (χ1n) is 7.19. The Balaban J connectivity index is 0.00000484. The number of rotatable bonds is 9. The van der Waals surface area contributed by atoms with Gasteiger partial charge >= 0.3 is 0 Å². The van der Waals surface area contributed by atoms with Crippen LogP contribution in [-0.2, 0) is 10.0 Å². The highest BCUT2D eigenvalue weighted by Crippen LogP contribution is 2.24. The number of unbranched alkanes of at least 4 members (excludes halogenated alkanes) is 2. The zero-order chi connectivity index (χ0) is 16.4. The molecule has 0 amide bonds. The van der Waals surface area contributed by atoms with E-state index in [4.69, 9.17) is 11.6 Å². The van der Waals surface area contributed by atoms with E-state index < -0.39 is 10.0 Å². The Hall–Kier alpha value is -0.1000. The van der Waals surface area contributed by atoms with Crippen LogP contribution in [0.1, 0.15) is 26.2 Å². The molecule has 10 heteroatoms. The van der Waals surface area contributed by atoms with Crippen LogP contribution < -0.4 is 15.4 Å². The minimum absolute atomic E-state index is 0. The molecule has 0 aromatic carbocycles. The van der Waals surface area contributed by atoms with Gasteiger partial charge in [-0.15, -0.1) is 35.3 Å². The molecule has 23 heavy (non-hydrogen) atoms. The normalized spacial score (nSPS) is 11.9. The number of aliphatic imine (C=N–C) groups is 1. The smallest absolute Gasteiger partial charge is 0.250 e. The molecular formula is C13H24ClIN4O2S2. The number of sulfonamides is 1. The van der Waals surface area contributed by atoms with E-state index in [-0.39, 0.29) is 34.7 Å².